The lowest BCUT2D eigenvalue weighted by atomic mass is 9.76. The maximum absolute atomic E-state index is 12.7. The monoisotopic (exact) mass is 423 g/mol. The van der Waals surface area contributed by atoms with E-state index < -0.39 is 5.60 Å². The van der Waals surface area contributed by atoms with E-state index in [1.54, 1.807) is 4.90 Å². The van der Waals surface area contributed by atoms with Gasteiger partial charge in [-0.25, -0.2) is 9.78 Å². The molecule has 9 heteroatoms. The fourth-order valence-corrected chi connectivity index (χ4v) is 4.26. The summed E-state index contributed by atoms with van der Waals surface area (Å²) in [5, 5.41) is 2.87. The van der Waals surface area contributed by atoms with Gasteiger partial charge in [-0.05, 0) is 67.8 Å². The molecule has 140 valence electrons. The van der Waals surface area contributed by atoms with Gasteiger partial charge < -0.3 is 9.64 Å². The zero-order chi connectivity index (χ0) is 18.7. The standard InChI is InChI=1S/C17H22BrN5O3/c1-16(2,3)26-15(25)22-6-4-17(5-7-22)8-10-11(9-17)19-14-20-13(18)21-23(14)12(10)24/h4-9H2,1-3H3,(H,19,20,21). The first kappa shape index (κ1) is 17.5. The van der Waals surface area contributed by atoms with Crippen molar-refractivity contribution in [1.29, 1.82) is 0 Å². The van der Waals surface area contributed by atoms with Gasteiger partial charge >= 0.3 is 6.09 Å². The van der Waals surface area contributed by atoms with Crippen molar-refractivity contribution in [3.05, 3.63) is 26.3 Å². The molecule has 1 spiro atoms. The highest BCUT2D eigenvalue weighted by molar-refractivity contribution is 9.10. The van der Waals surface area contributed by atoms with E-state index in [9.17, 15) is 9.59 Å². The number of H-pyrrole nitrogens is 1. The van der Waals surface area contributed by atoms with Crippen molar-refractivity contribution < 1.29 is 9.53 Å². The lowest BCUT2D eigenvalue weighted by Crippen LogP contribution is -2.45. The van der Waals surface area contributed by atoms with Crippen molar-refractivity contribution in [3.63, 3.8) is 0 Å². The Labute approximate surface area is 159 Å². The van der Waals surface area contributed by atoms with Gasteiger partial charge in [0.1, 0.15) is 5.60 Å². The van der Waals surface area contributed by atoms with E-state index in [-0.39, 0.29) is 17.1 Å². The Hall–Kier alpha value is -1.90. The Morgan fingerprint density at radius 3 is 2.58 bits per heavy atom. The van der Waals surface area contributed by atoms with E-state index in [1.165, 1.54) is 4.52 Å². The highest BCUT2D eigenvalue weighted by Gasteiger charge is 2.43. The Balaban J connectivity index is 1.51. The molecule has 1 fully saturated rings. The van der Waals surface area contributed by atoms with E-state index in [0.29, 0.717) is 30.0 Å². The van der Waals surface area contributed by atoms with Crippen molar-refractivity contribution in [1.82, 2.24) is 24.5 Å². The fourth-order valence-electron chi connectivity index (χ4n) is 3.93. The number of carbonyl (C=O) groups is 1. The molecule has 4 rings (SSSR count). The molecule has 0 bridgehead atoms. The van der Waals surface area contributed by atoms with Crippen LogP contribution in [0.3, 0.4) is 0 Å². The van der Waals surface area contributed by atoms with Gasteiger partial charge in [-0.1, -0.05) is 0 Å². The van der Waals surface area contributed by atoms with Gasteiger partial charge in [-0.2, -0.15) is 9.50 Å². The Morgan fingerprint density at radius 2 is 1.92 bits per heavy atom. The largest absolute Gasteiger partial charge is 0.444 e. The molecule has 0 radical (unpaired) electrons. The van der Waals surface area contributed by atoms with Gasteiger partial charge in [0.2, 0.25) is 0 Å². The van der Waals surface area contributed by atoms with Crippen LogP contribution in [0.2, 0.25) is 0 Å². The lowest BCUT2D eigenvalue weighted by molar-refractivity contribution is 0.0110. The molecule has 3 heterocycles. The number of amides is 1. The summed E-state index contributed by atoms with van der Waals surface area (Å²) in [5.74, 6) is 0.392. The molecule has 2 aromatic rings. The van der Waals surface area contributed by atoms with Crippen molar-refractivity contribution in [3.8, 4) is 0 Å². The number of halogens is 1. The summed E-state index contributed by atoms with van der Waals surface area (Å²) in [6.07, 6.45) is 2.90. The van der Waals surface area contributed by atoms with E-state index in [2.05, 4.69) is 31.0 Å². The summed E-state index contributed by atoms with van der Waals surface area (Å²) in [7, 11) is 0. The summed E-state index contributed by atoms with van der Waals surface area (Å²) < 4.78 is 7.35. The third-order valence-corrected chi connectivity index (χ3v) is 5.57. The highest BCUT2D eigenvalue weighted by atomic mass is 79.9. The number of ether oxygens (including phenoxy) is 1. The van der Waals surface area contributed by atoms with Crippen LogP contribution in [0.4, 0.5) is 4.79 Å². The maximum Gasteiger partial charge on any atom is 0.410 e. The number of rotatable bonds is 0. The summed E-state index contributed by atoms with van der Waals surface area (Å²) in [4.78, 5) is 35.5. The highest BCUT2D eigenvalue weighted by Crippen LogP contribution is 2.43. The smallest absolute Gasteiger partial charge is 0.410 e. The zero-order valence-electron chi connectivity index (χ0n) is 15.1. The molecule has 0 saturated carbocycles. The van der Waals surface area contributed by atoms with Crippen molar-refractivity contribution in [2.75, 3.05) is 13.1 Å². The molecule has 2 aromatic heterocycles. The van der Waals surface area contributed by atoms with Crippen LogP contribution in [0.1, 0.15) is 44.9 Å². The third-order valence-electron chi connectivity index (χ3n) is 5.22. The molecule has 8 nitrogen and oxygen atoms in total. The number of likely N-dealkylation sites (tertiary alicyclic amines) is 1. The minimum absolute atomic E-state index is 0.00357. The zero-order valence-corrected chi connectivity index (χ0v) is 16.7. The van der Waals surface area contributed by atoms with Crippen LogP contribution in [-0.4, -0.2) is 49.3 Å². The second-order valence-electron chi connectivity index (χ2n) is 8.31. The molecule has 2 aliphatic rings. The fraction of sp³-hybridized carbons (Fsp3) is 0.647. The molecular weight excluding hydrogens is 402 g/mol. The average molecular weight is 424 g/mol. The SMILES string of the molecule is CC(C)(C)OC(=O)N1CCC2(CC1)Cc1nc3nc(Br)[nH]n3c(=O)c1C2. The second-order valence-corrected chi connectivity index (χ2v) is 9.06. The number of hydrogen-bond donors (Lipinski definition) is 1. The Kier molecular flexibility index (Phi) is 3.91. The predicted molar refractivity (Wildman–Crippen MR) is 98.2 cm³/mol. The number of hydrogen-bond acceptors (Lipinski definition) is 5. The molecule has 1 aliphatic heterocycles. The van der Waals surface area contributed by atoms with Gasteiger partial charge in [0.05, 0.1) is 5.69 Å². The van der Waals surface area contributed by atoms with Crippen molar-refractivity contribution >= 4 is 27.8 Å². The van der Waals surface area contributed by atoms with Gasteiger partial charge in [0, 0.05) is 18.7 Å². The molecule has 1 aliphatic carbocycles. The van der Waals surface area contributed by atoms with Crippen LogP contribution in [0.5, 0.6) is 0 Å². The third kappa shape index (κ3) is 3.02. The number of nitrogens with one attached hydrogen (secondary N) is 1. The number of piperidine rings is 1. The normalized spacial score (nSPS) is 19.2. The summed E-state index contributed by atoms with van der Waals surface area (Å²) >= 11 is 3.24. The van der Waals surface area contributed by atoms with E-state index in [4.69, 9.17) is 4.74 Å². The predicted octanol–water partition coefficient (Wildman–Crippen LogP) is 2.30. The van der Waals surface area contributed by atoms with Crippen LogP contribution < -0.4 is 5.56 Å². The number of aromatic nitrogens is 4. The molecule has 0 aromatic carbocycles. The summed E-state index contributed by atoms with van der Waals surface area (Å²) in [6, 6.07) is 0. The molecular formula is C17H22BrN5O3. The number of fused-ring (bicyclic) bond motifs is 2. The Morgan fingerprint density at radius 1 is 1.23 bits per heavy atom. The van der Waals surface area contributed by atoms with Crippen LogP contribution >= 0.6 is 15.9 Å². The van der Waals surface area contributed by atoms with E-state index in [0.717, 1.165) is 30.5 Å². The molecule has 1 amide bonds. The lowest BCUT2D eigenvalue weighted by Gasteiger charge is -2.39. The van der Waals surface area contributed by atoms with Gasteiger partial charge in [-0.3, -0.25) is 9.89 Å². The Bertz CT molecular complexity index is 934. The van der Waals surface area contributed by atoms with Crippen LogP contribution in [0.15, 0.2) is 9.53 Å². The number of carbonyl (C=O) groups excluding carboxylic acids is 1. The van der Waals surface area contributed by atoms with Crippen molar-refractivity contribution in [2.45, 2.75) is 52.1 Å². The first-order valence-electron chi connectivity index (χ1n) is 8.80. The van der Waals surface area contributed by atoms with Gasteiger partial charge in [0.25, 0.3) is 11.3 Å². The number of nitrogens with zero attached hydrogens (tertiary/aromatic N) is 4. The molecule has 0 atom stereocenters. The van der Waals surface area contributed by atoms with E-state index >= 15 is 0 Å². The minimum Gasteiger partial charge on any atom is -0.444 e. The second kappa shape index (κ2) is 5.80. The minimum atomic E-state index is -0.489. The molecule has 26 heavy (non-hydrogen) atoms. The quantitative estimate of drug-likeness (QED) is 0.701. The first-order valence-corrected chi connectivity index (χ1v) is 9.59. The van der Waals surface area contributed by atoms with Crippen LogP contribution in [-0.2, 0) is 17.6 Å². The molecule has 1 N–H and O–H groups in total. The van der Waals surface area contributed by atoms with Crippen molar-refractivity contribution in [2.24, 2.45) is 5.41 Å². The molecule has 1 saturated heterocycles. The van der Waals surface area contributed by atoms with E-state index in [1.807, 2.05) is 20.8 Å². The summed E-state index contributed by atoms with van der Waals surface area (Å²) in [5.41, 5.74) is 1.05. The summed E-state index contributed by atoms with van der Waals surface area (Å²) in [6.45, 7) is 6.91. The van der Waals surface area contributed by atoms with Crippen LogP contribution in [0, 0.1) is 5.41 Å². The van der Waals surface area contributed by atoms with Crippen LogP contribution in [0.25, 0.3) is 5.78 Å². The maximum atomic E-state index is 12.7. The number of aromatic amines is 1. The first-order chi connectivity index (χ1) is 12.2. The average Bonchev–Trinajstić information content (AvgIpc) is 3.07. The van der Waals surface area contributed by atoms with Gasteiger partial charge in [0.15, 0.2) is 4.73 Å². The van der Waals surface area contributed by atoms with Gasteiger partial charge in [-0.15, -0.1) is 0 Å². The molecule has 0 unspecified atom stereocenters. The topological polar surface area (TPSA) is 92.6 Å².